The number of nitrogens with zero attached hydrogens (tertiary/aromatic N) is 2. The summed E-state index contributed by atoms with van der Waals surface area (Å²) in [5, 5.41) is 12.8. The number of pyridine rings is 1. The Morgan fingerprint density at radius 3 is 2.95 bits per heavy atom. The molecule has 0 fully saturated rings. The maximum absolute atomic E-state index is 11.4. The van der Waals surface area contributed by atoms with Gasteiger partial charge in [0.25, 0.3) is 0 Å². The molecule has 0 aliphatic rings. The first-order valence-corrected chi connectivity index (χ1v) is 6.39. The highest BCUT2D eigenvalue weighted by Gasteiger charge is 2.04. The molecule has 2 aromatic rings. The first-order valence-electron chi connectivity index (χ1n) is 6.39. The molecule has 0 unspecified atom stereocenters. The van der Waals surface area contributed by atoms with E-state index in [2.05, 4.69) is 21.0 Å². The van der Waals surface area contributed by atoms with Gasteiger partial charge in [0.1, 0.15) is 0 Å². The molecular weight excluding hydrogens is 242 g/mol. The SMILES string of the molecule is CNCCNC(=O)NCCc1cnn2ccccc12. The molecule has 3 N–H and O–H groups in total. The molecule has 2 aromatic heterocycles. The van der Waals surface area contributed by atoms with Crippen LogP contribution in [0.4, 0.5) is 4.79 Å². The third-order valence-corrected chi connectivity index (χ3v) is 2.85. The maximum Gasteiger partial charge on any atom is 0.314 e. The summed E-state index contributed by atoms with van der Waals surface area (Å²) in [5.74, 6) is 0. The number of carbonyl (C=O) groups excluding carboxylic acids is 1. The van der Waals surface area contributed by atoms with Crippen LogP contribution in [-0.2, 0) is 6.42 Å². The van der Waals surface area contributed by atoms with Gasteiger partial charge >= 0.3 is 6.03 Å². The van der Waals surface area contributed by atoms with Gasteiger partial charge in [-0.25, -0.2) is 9.31 Å². The van der Waals surface area contributed by atoms with Gasteiger partial charge in [-0.1, -0.05) is 6.07 Å². The van der Waals surface area contributed by atoms with Crippen molar-refractivity contribution in [1.29, 1.82) is 0 Å². The number of hydrogen-bond donors (Lipinski definition) is 3. The van der Waals surface area contributed by atoms with E-state index in [1.54, 1.807) is 0 Å². The normalized spacial score (nSPS) is 10.6. The minimum absolute atomic E-state index is 0.133. The number of rotatable bonds is 6. The van der Waals surface area contributed by atoms with E-state index in [0.29, 0.717) is 13.1 Å². The number of aromatic nitrogens is 2. The molecule has 6 heteroatoms. The minimum Gasteiger partial charge on any atom is -0.338 e. The van der Waals surface area contributed by atoms with Crippen LogP contribution in [-0.4, -0.2) is 42.3 Å². The van der Waals surface area contributed by atoms with Crippen LogP contribution in [0.1, 0.15) is 5.56 Å². The zero-order valence-corrected chi connectivity index (χ0v) is 11.0. The fraction of sp³-hybridized carbons (Fsp3) is 0.385. The summed E-state index contributed by atoms with van der Waals surface area (Å²) >= 11 is 0. The van der Waals surface area contributed by atoms with Gasteiger partial charge in [0.15, 0.2) is 0 Å². The maximum atomic E-state index is 11.4. The Hall–Kier alpha value is -2.08. The van der Waals surface area contributed by atoms with E-state index < -0.39 is 0 Å². The molecule has 0 bridgehead atoms. The second kappa shape index (κ2) is 6.75. The molecule has 2 rings (SSSR count). The van der Waals surface area contributed by atoms with Crippen molar-refractivity contribution in [1.82, 2.24) is 25.6 Å². The Morgan fingerprint density at radius 2 is 2.11 bits per heavy atom. The fourth-order valence-corrected chi connectivity index (χ4v) is 1.85. The molecule has 0 saturated heterocycles. The Bertz CT molecular complexity index is 537. The zero-order valence-electron chi connectivity index (χ0n) is 11.0. The molecule has 6 nitrogen and oxygen atoms in total. The molecule has 2 amide bonds. The third-order valence-electron chi connectivity index (χ3n) is 2.85. The average molecular weight is 261 g/mol. The third kappa shape index (κ3) is 3.69. The summed E-state index contributed by atoms with van der Waals surface area (Å²) in [6.07, 6.45) is 4.53. The summed E-state index contributed by atoms with van der Waals surface area (Å²) in [4.78, 5) is 11.4. The van der Waals surface area contributed by atoms with Crippen molar-refractivity contribution in [2.45, 2.75) is 6.42 Å². The summed E-state index contributed by atoms with van der Waals surface area (Å²) in [5.41, 5.74) is 2.22. The second-order valence-corrected chi connectivity index (χ2v) is 4.24. The van der Waals surface area contributed by atoms with Crippen LogP contribution in [0.5, 0.6) is 0 Å². The number of hydrogen-bond acceptors (Lipinski definition) is 3. The van der Waals surface area contributed by atoms with Gasteiger partial charge in [-0.05, 0) is 31.2 Å². The van der Waals surface area contributed by atoms with E-state index in [4.69, 9.17) is 0 Å². The largest absolute Gasteiger partial charge is 0.338 e. The number of amides is 2. The van der Waals surface area contributed by atoms with Gasteiger partial charge in [0.2, 0.25) is 0 Å². The standard InChI is InChI=1S/C13H19N5O/c1-14-7-8-16-13(19)15-6-5-11-10-17-18-9-3-2-4-12(11)18/h2-4,9-10,14H,5-8H2,1H3,(H2,15,16,19). The van der Waals surface area contributed by atoms with Crippen LogP contribution >= 0.6 is 0 Å². The molecule has 0 aliphatic carbocycles. The molecule has 102 valence electrons. The van der Waals surface area contributed by atoms with E-state index in [1.165, 1.54) is 0 Å². The van der Waals surface area contributed by atoms with Gasteiger partial charge in [0.05, 0.1) is 11.7 Å². The summed E-state index contributed by atoms with van der Waals surface area (Å²) in [6.45, 7) is 1.99. The lowest BCUT2D eigenvalue weighted by Crippen LogP contribution is -2.39. The van der Waals surface area contributed by atoms with Crippen molar-refractivity contribution in [2.24, 2.45) is 0 Å². The Balaban J connectivity index is 1.78. The van der Waals surface area contributed by atoms with Crippen LogP contribution in [0.15, 0.2) is 30.6 Å². The minimum atomic E-state index is -0.133. The first kappa shape index (κ1) is 13.4. The van der Waals surface area contributed by atoms with Crippen molar-refractivity contribution in [3.8, 4) is 0 Å². The van der Waals surface area contributed by atoms with Gasteiger partial charge in [0, 0.05) is 25.8 Å². The van der Waals surface area contributed by atoms with E-state index in [0.717, 1.165) is 24.0 Å². The lowest BCUT2D eigenvalue weighted by Gasteiger charge is -2.06. The lowest BCUT2D eigenvalue weighted by molar-refractivity contribution is 0.241. The smallest absolute Gasteiger partial charge is 0.314 e. The predicted octanol–water partition coefficient (Wildman–Crippen LogP) is 0.395. The van der Waals surface area contributed by atoms with Crippen molar-refractivity contribution in [2.75, 3.05) is 26.7 Å². The molecule has 0 atom stereocenters. The highest BCUT2D eigenvalue weighted by Crippen LogP contribution is 2.09. The number of fused-ring (bicyclic) bond motifs is 1. The molecule has 0 aromatic carbocycles. The van der Waals surface area contributed by atoms with Crippen LogP contribution in [0.2, 0.25) is 0 Å². The van der Waals surface area contributed by atoms with Crippen molar-refractivity contribution < 1.29 is 4.79 Å². The number of carbonyl (C=O) groups is 1. The predicted molar refractivity (Wildman–Crippen MR) is 74.2 cm³/mol. The number of nitrogens with one attached hydrogen (secondary N) is 3. The molecule has 0 aliphatic heterocycles. The van der Waals surface area contributed by atoms with E-state index in [-0.39, 0.29) is 6.03 Å². The Labute approximate surface area is 112 Å². The highest BCUT2D eigenvalue weighted by atomic mass is 16.2. The van der Waals surface area contributed by atoms with Crippen LogP contribution < -0.4 is 16.0 Å². The quantitative estimate of drug-likeness (QED) is 0.659. The van der Waals surface area contributed by atoms with Crippen molar-refractivity contribution in [3.63, 3.8) is 0 Å². The van der Waals surface area contributed by atoms with Crippen LogP contribution in [0, 0.1) is 0 Å². The monoisotopic (exact) mass is 261 g/mol. The summed E-state index contributed by atoms with van der Waals surface area (Å²) < 4.78 is 1.84. The molecule has 0 radical (unpaired) electrons. The number of urea groups is 1. The van der Waals surface area contributed by atoms with E-state index in [9.17, 15) is 4.79 Å². The van der Waals surface area contributed by atoms with Gasteiger partial charge in [-0.2, -0.15) is 5.10 Å². The molecular formula is C13H19N5O. The van der Waals surface area contributed by atoms with Crippen molar-refractivity contribution in [3.05, 3.63) is 36.2 Å². The van der Waals surface area contributed by atoms with Crippen LogP contribution in [0.25, 0.3) is 5.52 Å². The molecule has 0 spiro atoms. The van der Waals surface area contributed by atoms with Crippen LogP contribution in [0.3, 0.4) is 0 Å². The van der Waals surface area contributed by atoms with Crippen molar-refractivity contribution >= 4 is 11.5 Å². The summed E-state index contributed by atoms with van der Waals surface area (Å²) in [6, 6.07) is 5.82. The zero-order chi connectivity index (χ0) is 13.5. The molecule has 19 heavy (non-hydrogen) atoms. The Kier molecular flexibility index (Phi) is 4.74. The highest BCUT2D eigenvalue weighted by molar-refractivity contribution is 5.73. The van der Waals surface area contributed by atoms with Gasteiger partial charge in [-0.15, -0.1) is 0 Å². The second-order valence-electron chi connectivity index (χ2n) is 4.24. The molecule has 2 heterocycles. The van der Waals surface area contributed by atoms with Gasteiger partial charge < -0.3 is 16.0 Å². The Morgan fingerprint density at radius 1 is 1.26 bits per heavy atom. The number of likely N-dealkylation sites (N-methyl/N-ethyl adjacent to an activating group) is 1. The van der Waals surface area contributed by atoms with E-state index in [1.807, 2.05) is 42.2 Å². The fourth-order valence-electron chi connectivity index (χ4n) is 1.85. The average Bonchev–Trinajstić information content (AvgIpc) is 2.83. The first-order chi connectivity index (χ1) is 9.31. The topological polar surface area (TPSA) is 70.5 Å². The lowest BCUT2D eigenvalue weighted by atomic mass is 10.2. The van der Waals surface area contributed by atoms with E-state index >= 15 is 0 Å². The summed E-state index contributed by atoms with van der Waals surface area (Å²) in [7, 11) is 1.85. The van der Waals surface area contributed by atoms with Gasteiger partial charge in [-0.3, -0.25) is 0 Å². The molecule has 0 saturated carbocycles.